The molecule has 0 radical (unpaired) electrons. The molecule has 1 saturated heterocycles. The number of aryl methyl sites for hydroxylation is 1. The largest absolute Gasteiger partial charge is 0.378 e. The van der Waals surface area contributed by atoms with E-state index in [4.69, 9.17) is 4.74 Å². The summed E-state index contributed by atoms with van der Waals surface area (Å²) >= 11 is 0. The molecule has 1 aromatic rings. The molecule has 0 saturated carbocycles. The van der Waals surface area contributed by atoms with E-state index in [9.17, 15) is 4.79 Å². The monoisotopic (exact) mass is 205 g/mol. The van der Waals surface area contributed by atoms with Crippen LogP contribution in [0, 0.1) is 6.92 Å². The van der Waals surface area contributed by atoms with E-state index in [2.05, 4.69) is 11.0 Å². The molecular weight excluding hydrogens is 190 g/mol. The summed E-state index contributed by atoms with van der Waals surface area (Å²) in [6.45, 7) is 5.26. The van der Waals surface area contributed by atoms with Gasteiger partial charge in [-0.1, -0.05) is 6.07 Å². The average molecular weight is 205 g/mol. The van der Waals surface area contributed by atoms with E-state index in [1.807, 2.05) is 19.1 Å². The molecule has 0 spiro atoms. The van der Waals surface area contributed by atoms with Crippen molar-refractivity contribution >= 4 is 12.0 Å². The first-order valence-corrected chi connectivity index (χ1v) is 5.20. The minimum Gasteiger partial charge on any atom is -0.378 e. The predicted molar refractivity (Wildman–Crippen MR) is 59.6 cm³/mol. The van der Waals surface area contributed by atoms with Crippen molar-refractivity contribution in [3.8, 4) is 0 Å². The zero-order chi connectivity index (χ0) is 10.7. The quantitative estimate of drug-likeness (QED) is 0.687. The van der Waals surface area contributed by atoms with Gasteiger partial charge in [-0.2, -0.15) is 0 Å². The van der Waals surface area contributed by atoms with E-state index < -0.39 is 0 Å². The summed E-state index contributed by atoms with van der Waals surface area (Å²) in [4.78, 5) is 13.1. The maximum Gasteiger partial charge on any atom is 0.152 e. The molecule has 0 N–H and O–H groups in total. The van der Waals surface area contributed by atoms with Crippen molar-refractivity contribution in [1.29, 1.82) is 0 Å². The van der Waals surface area contributed by atoms with Crippen molar-refractivity contribution in [3.05, 3.63) is 29.3 Å². The van der Waals surface area contributed by atoms with Crippen molar-refractivity contribution in [1.82, 2.24) is 0 Å². The minimum absolute atomic E-state index is 0.742. The Morgan fingerprint density at radius 1 is 1.33 bits per heavy atom. The molecule has 0 amide bonds. The van der Waals surface area contributed by atoms with Crippen LogP contribution in [0.5, 0.6) is 0 Å². The summed E-state index contributed by atoms with van der Waals surface area (Å²) in [5.74, 6) is 0. The summed E-state index contributed by atoms with van der Waals surface area (Å²) < 4.78 is 5.29. The van der Waals surface area contributed by atoms with E-state index in [-0.39, 0.29) is 0 Å². The van der Waals surface area contributed by atoms with Crippen LogP contribution >= 0.6 is 0 Å². The number of carbonyl (C=O) groups excluding carboxylic acids is 1. The van der Waals surface area contributed by atoms with Crippen LogP contribution in [0.25, 0.3) is 0 Å². The molecule has 1 aliphatic rings. The van der Waals surface area contributed by atoms with Gasteiger partial charge in [-0.15, -0.1) is 0 Å². The zero-order valence-electron chi connectivity index (χ0n) is 8.90. The van der Waals surface area contributed by atoms with E-state index in [0.29, 0.717) is 0 Å². The number of ether oxygens (including phenoxy) is 1. The molecule has 0 atom stereocenters. The third-order valence-corrected chi connectivity index (χ3v) is 2.66. The third-order valence-electron chi connectivity index (χ3n) is 2.66. The number of hydrogen-bond acceptors (Lipinski definition) is 3. The molecule has 1 fully saturated rings. The lowest BCUT2D eigenvalue weighted by Crippen LogP contribution is -2.36. The summed E-state index contributed by atoms with van der Waals surface area (Å²) in [5, 5.41) is 0. The SMILES string of the molecule is Cc1ccc(C=O)c(N2CCOCC2)c1. The maximum absolute atomic E-state index is 10.9. The smallest absolute Gasteiger partial charge is 0.152 e. The Morgan fingerprint density at radius 3 is 2.73 bits per heavy atom. The number of hydrogen-bond donors (Lipinski definition) is 0. The second-order valence-electron chi connectivity index (χ2n) is 3.78. The summed E-state index contributed by atoms with van der Waals surface area (Å²) in [6, 6.07) is 5.91. The number of morpholine rings is 1. The van der Waals surface area contributed by atoms with Gasteiger partial charge in [0.2, 0.25) is 0 Å². The number of benzene rings is 1. The van der Waals surface area contributed by atoms with Crippen molar-refractivity contribution in [2.24, 2.45) is 0 Å². The summed E-state index contributed by atoms with van der Waals surface area (Å²) in [7, 11) is 0. The normalized spacial score (nSPS) is 16.5. The lowest BCUT2D eigenvalue weighted by atomic mass is 10.1. The van der Waals surface area contributed by atoms with Crippen molar-refractivity contribution < 1.29 is 9.53 Å². The highest BCUT2D eigenvalue weighted by atomic mass is 16.5. The van der Waals surface area contributed by atoms with Gasteiger partial charge in [0.15, 0.2) is 6.29 Å². The van der Waals surface area contributed by atoms with Gasteiger partial charge in [-0.3, -0.25) is 4.79 Å². The van der Waals surface area contributed by atoms with E-state index in [1.54, 1.807) is 0 Å². The highest BCUT2D eigenvalue weighted by Crippen LogP contribution is 2.21. The fraction of sp³-hybridized carbons (Fsp3) is 0.417. The van der Waals surface area contributed by atoms with Gasteiger partial charge in [0.1, 0.15) is 0 Å². The topological polar surface area (TPSA) is 29.5 Å². The molecule has 3 heteroatoms. The first-order chi connectivity index (χ1) is 7.31. The van der Waals surface area contributed by atoms with Gasteiger partial charge in [0, 0.05) is 24.3 Å². The van der Waals surface area contributed by atoms with Gasteiger partial charge in [0.25, 0.3) is 0 Å². The summed E-state index contributed by atoms with van der Waals surface area (Å²) in [5.41, 5.74) is 2.98. The number of carbonyl (C=O) groups is 1. The van der Waals surface area contributed by atoms with E-state index in [1.165, 1.54) is 5.56 Å². The Kier molecular flexibility index (Phi) is 3.02. The molecule has 15 heavy (non-hydrogen) atoms. The predicted octanol–water partition coefficient (Wildman–Crippen LogP) is 1.64. The second kappa shape index (κ2) is 4.45. The number of aldehydes is 1. The Balaban J connectivity index is 2.31. The molecule has 2 rings (SSSR count). The second-order valence-corrected chi connectivity index (χ2v) is 3.78. The van der Waals surface area contributed by atoms with Crippen molar-refractivity contribution in [2.45, 2.75) is 6.92 Å². The van der Waals surface area contributed by atoms with Crippen LogP contribution in [0.15, 0.2) is 18.2 Å². The number of nitrogens with zero attached hydrogens (tertiary/aromatic N) is 1. The molecule has 1 heterocycles. The highest BCUT2D eigenvalue weighted by molar-refractivity contribution is 5.84. The average Bonchev–Trinajstić information content (AvgIpc) is 2.30. The van der Waals surface area contributed by atoms with Gasteiger partial charge >= 0.3 is 0 Å². The molecule has 0 aliphatic carbocycles. The van der Waals surface area contributed by atoms with Gasteiger partial charge < -0.3 is 9.64 Å². The van der Waals surface area contributed by atoms with Gasteiger partial charge in [-0.25, -0.2) is 0 Å². The fourth-order valence-electron chi connectivity index (χ4n) is 1.83. The molecular formula is C12H15NO2. The Bertz CT molecular complexity index is 357. The van der Waals surface area contributed by atoms with E-state index in [0.717, 1.165) is 43.8 Å². The third kappa shape index (κ3) is 2.18. The standard InChI is InChI=1S/C12H15NO2/c1-10-2-3-11(9-14)12(8-10)13-4-6-15-7-5-13/h2-3,8-9H,4-7H2,1H3. The Morgan fingerprint density at radius 2 is 2.07 bits per heavy atom. The van der Waals surface area contributed by atoms with Crippen LogP contribution in [-0.2, 0) is 4.74 Å². The highest BCUT2D eigenvalue weighted by Gasteiger charge is 2.14. The van der Waals surface area contributed by atoms with E-state index >= 15 is 0 Å². The van der Waals surface area contributed by atoms with Gasteiger partial charge in [-0.05, 0) is 24.6 Å². The molecule has 0 unspecified atom stereocenters. The van der Waals surface area contributed by atoms with Crippen LogP contribution in [0.2, 0.25) is 0 Å². The lowest BCUT2D eigenvalue weighted by Gasteiger charge is -2.30. The van der Waals surface area contributed by atoms with Crippen LogP contribution < -0.4 is 4.90 Å². The number of anilines is 1. The fourth-order valence-corrected chi connectivity index (χ4v) is 1.83. The first kappa shape index (κ1) is 10.2. The summed E-state index contributed by atoms with van der Waals surface area (Å²) in [6.07, 6.45) is 0.921. The minimum atomic E-state index is 0.742. The van der Waals surface area contributed by atoms with Crippen molar-refractivity contribution in [3.63, 3.8) is 0 Å². The number of rotatable bonds is 2. The van der Waals surface area contributed by atoms with Crippen LogP contribution in [-0.4, -0.2) is 32.6 Å². The first-order valence-electron chi connectivity index (χ1n) is 5.20. The van der Waals surface area contributed by atoms with Crippen molar-refractivity contribution in [2.75, 3.05) is 31.2 Å². The van der Waals surface area contributed by atoms with Crippen LogP contribution in [0.4, 0.5) is 5.69 Å². The zero-order valence-corrected chi connectivity index (χ0v) is 8.90. The molecule has 80 valence electrons. The maximum atomic E-state index is 10.9. The van der Waals surface area contributed by atoms with Crippen LogP contribution in [0.1, 0.15) is 15.9 Å². The molecule has 3 nitrogen and oxygen atoms in total. The molecule has 0 bridgehead atoms. The van der Waals surface area contributed by atoms with Gasteiger partial charge in [0.05, 0.1) is 13.2 Å². The lowest BCUT2D eigenvalue weighted by molar-refractivity contribution is 0.111. The Labute approximate surface area is 89.7 Å². The van der Waals surface area contributed by atoms with Crippen LogP contribution in [0.3, 0.4) is 0 Å². The molecule has 0 aromatic heterocycles. The molecule has 1 aliphatic heterocycles. The Hall–Kier alpha value is -1.35. The molecule has 1 aromatic carbocycles.